The molecule has 0 radical (unpaired) electrons. The van der Waals surface area contributed by atoms with Crippen LogP contribution >= 0.6 is 0 Å². The predicted molar refractivity (Wildman–Crippen MR) is 95.1 cm³/mol. The van der Waals surface area contributed by atoms with Crippen molar-refractivity contribution >= 4 is 8.32 Å². The maximum atomic E-state index is 6.86. The molecular weight excluding hydrogens is 272 g/mol. The lowest BCUT2D eigenvalue weighted by molar-refractivity contribution is -0.00333. The Labute approximate surface area is 133 Å². The molecule has 2 saturated carbocycles. The summed E-state index contributed by atoms with van der Waals surface area (Å²) in [6.07, 6.45) is 7.13. The first kappa shape index (κ1) is 17.3. The van der Waals surface area contributed by atoms with Gasteiger partial charge in [0.2, 0.25) is 0 Å². The minimum atomic E-state index is -1.66. The van der Waals surface area contributed by atoms with Crippen LogP contribution in [0.1, 0.15) is 66.7 Å². The van der Waals surface area contributed by atoms with E-state index in [1.807, 2.05) is 0 Å². The van der Waals surface area contributed by atoms with Gasteiger partial charge in [-0.1, -0.05) is 46.3 Å². The van der Waals surface area contributed by atoms with Gasteiger partial charge in [-0.25, -0.2) is 0 Å². The van der Waals surface area contributed by atoms with Crippen molar-refractivity contribution in [2.45, 2.75) is 91.0 Å². The van der Waals surface area contributed by atoms with Crippen molar-refractivity contribution in [2.24, 2.45) is 17.3 Å². The third kappa shape index (κ3) is 3.03. The van der Waals surface area contributed by atoms with Crippen LogP contribution in [-0.2, 0) is 4.43 Å². The zero-order valence-corrected chi connectivity index (χ0v) is 16.4. The molecule has 0 heterocycles. The van der Waals surface area contributed by atoms with E-state index in [4.69, 9.17) is 4.43 Å². The molecule has 2 aliphatic rings. The van der Waals surface area contributed by atoms with E-state index in [2.05, 4.69) is 54.3 Å². The molecule has 0 amide bonds. The molecule has 2 rings (SSSR count). The fourth-order valence-corrected chi connectivity index (χ4v) is 6.02. The van der Waals surface area contributed by atoms with Gasteiger partial charge in [-0.3, -0.25) is 0 Å². The van der Waals surface area contributed by atoms with Gasteiger partial charge < -0.3 is 4.43 Å². The van der Waals surface area contributed by atoms with E-state index in [-0.39, 0.29) is 0 Å². The van der Waals surface area contributed by atoms with Gasteiger partial charge in [-0.2, -0.15) is 0 Å². The van der Waals surface area contributed by atoms with Crippen LogP contribution in [0.25, 0.3) is 0 Å². The Morgan fingerprint density at radius 3 is 2.33 bits per heavy atom. The van der Waals surface area contributed by atoms with Crippen LogP contribution in [0.15, 0.2) is 12.2 Å². The molecule has 4 atom stereocenters. The van der Waals surface area contributed by atoms with Crippen LogP contribution in [0.4, 0.5) is 0 Å². The minimum Gasteiger partial charge on any atom is -0.414 e. The number of hydrogen-bond donors (Lipinski definition) is 0. The van der Waals surface area contributed by atoms with E-state index in [1.165, 1.54) is 37.7 Å². The first-order chi connectivity index (χ1) is 9.49. The maximum Gasteiger partial charge on any atom is 0.192 e. The smallest absolute Gasteiger partial charge is 0.192 e. The molecule has 1 nitrogen and oxygen atoms in total. The molecule has 0 bridgehead atoms. The Morgan fingerprint density at radius 1 is 1.19 bits per heavy atom. The second-order valence-corrected chi connectivity index (χ2v) is 14.2. The molecule has 2 unspecified atom stereocenters. The minimum absolute atomic E-state index is 0.313. The van der Waals surface area contributed by atoms with Gasteiger partial charge in [0.15, 0.2) is 8.32 Å². The Morgan fingerprint density at radius 2 is 1.81 bits per heavy atom. The summed E-state index contributed by atoms with van der Waals surface area (Å²) < 4.78 is 6.86. The van der Waals surface area contributed by atoms with Crippen LogP contribution in [0, 0.1) is 17.3 Å². The first-order valence-corrected chi connectivity index (χ1v) is 11.7. The Balaban J connectivity index is 2.19. The van der Waals surface area contributed by atoms with E-state index < -0.39 is 8.32 Å². The zero-order chi connectivity index (χ0) is 16.1. The Kier molecular flexibility index (Phi) is 4.54. The van der Waals surface area contributed by atoms with Crippen LogP contribution < -0.4 is 0 Å². The lowest BCUT2D eigenvalue weighted by atomic mass is 9.63. The summed E-state index contributed by atoms with van der Waals surface area (Å²) in [6.45, 7) is 20.9. The van der Waals surface area contributed by atoms with Gasteiger partial charge in [0.1, 0.15) is 0 Å². The third-order valence-corrected chi connectivity index (χ3v) is 11.4. The summed E-state index contributed by atoms with van der Waals surface area (Å²) in [5.41, 5.74) is 1.84. The highest BCUT2D eigenvalue weighted by Gasteiger charge is 2.53. The molecule has 0 aliphatic heterocycles. The number of allylic oxidation sites excluding steroid dienone is 1. The average molecular weight is 309 g/mol. The van der Waals surface area contributed by atoms with E-state index in [0.29, 0.717) is 22.5 Å². The summed E-state index contributed by atoms with van der Waals surface area (Å²) in [5.74, 6) is 1.47. The summed E-state index contributed by atoms with van der Waals surface area (Å²) in [4.78, 5) is 0. The molecule has 0 spiro atoms. The molecule has 2 fully saturated rings. The highest BCUT2D eigenvalue weighted by molar-refractivity contribution is 6.74. The molecule has 21 heavy (non-hydrogen) atoms. The van der Waals surface area contributed by atoms with Crippen molar-refractivity contribution in [2.75, 3.05) is 0 Å². The quantitative estimate of drug-likeness (QED) is 0.447. The van der Waals surface area contributed by atoms with E-state index in [1.54, 1.807) is 0 Å². The first-order valence-electron chi connectivity index (χ1n) is 8.82. The van der Waals surface area contributed by atoms with Crippen LogP contribution in [0.2, 0.25) is 18.1 Å². The fourth-order valence-electron chi connectivity index (χ4n) is 4.63. The molecule has 122 valence electrons. The monoisotopic (exact) mass is 308 g/mol. The van der Waals surface area contributed by atoms with E-state index in [9.17, 15) is 0 Å². The second-order valence-electron chi connectivity index (χ2n) is 9.40. The molecule has 0 N–H and O–H groups in total. The topological polar surface area (TPSA) is 9.23 Å². The van der Waals surface area contributed by atoms with E-state index >= 15 is 0 Å². The number of hydrogen-bond acceptors (Lipinski definition) is 1. The normalized spacial score (nSPS) is 37.4. The summed E-state index contributed by atoms with van der Waals surface area (Å²) >= 11 is 0. The average Bonchev–Trinajstić information content (AvgIpc) is 2.65. The molecule has 0 aromatic carbocycles. The van der Waals surface area contributed by atoms with Crippen molar-refractivity contribution in [1.82, 2.24) is 0 Å². The van der Waals surface area contributed by atoms with Crippen LogP contribution in [0.5, 0.6) is 0 Å². The summed E-state index contributed by atoms with van der Waals surface area (Å²) in [7, 11) is -1.66. The Hall–Kier alpha value is -0.0831. The summed E-state index contributed by atoms with van der Waals surface area (Å²) in [5, 5.41) is 0.313. The van der Waals surface area contributed by atoms with Crippen molar-refractivity contribution in [3.63, 3.8) is 0 Å². The van der Waals surface area contributed by atoms with Gasteiger partial charge in [-0.05, 0) is 68.0 Å². The van der Waals surface area contributed by atoms with Crippen LogP contribution in [-0.4, -0.2) is 14.4 Å². The van der Waals surface area contributed by atoms with Crippen molar-refractivity contribution in [3.05, 3.63) is 12.2 Å². The van der Waals surface area contributed by atoms with Crippen molar-refractivity contribution in [3.8, 4) is 0 Å². The van der Waals surface area contributed by atoms with Gasteiger partial charge in [0.25, 0.3) is 0 Å². The summed E-state index contributed by atoms with van der Waals surface area (Å²) in [6, 6.07) is 0. The predicted octanol–water partition coefficient (Wildman–Crippen LogP) is 6.17. The molecule has 2 heteroatoms. The van der Waals surface area contributed by atoms with Gasteiger partial charge >= 0.3 is 0 Å². The standard InChI is InChI=1S/C19H36OSi/c1-14(2)15-11-12-16-17(10-9-13-19(15,16)6)20-21(7,8)18(3,4)5/h15-17H,1,9-13H2,2-8H3/t15?,16?,17-,19+/m0/s1. The van der Waals surface area contributed by atoms with Gasteiger partial charge in [0, 0.05) is 6.10 Å². The van der Waals surface area contributed by atoms with Crippen LogP contribution in [0.3, 0.4) is 0 Å². The van der Waals surface area contributed by atoms with E-state index in [0.717, 1.165) is 5.92 Å². The largest absolute Gasteiger partial charge is 0.414 e. The highest BCUT2D eigenvalue weighted by Crippen LogP contribution is 2.58. The Bertz CT molecular complexity index is 406. The zero-order valence-electron chi connectivity index (χ0n) is 15.4. The maximum absolute atomic E-state index is 6.86. The third-order valence-electron chi connectivity index (χ3n) is 6.91. The molecular formula is C19H36OSi. The fraction of sp³-hybridized carbons (Fsp3) is 0.895. The SMILES string of the molecule is C=C(C)C1CCC2[C@@H](O[Si](C)(C)C(C)(C)C)CCC[C@]12C. The molecule has 0 aromatic rings. The molecule has 2 aliphatic carbocycles. The second kappa shape index (κ2) is 5.52. The number of fused-ring (bicyclic) bond motifs is 1. The molecule has 0 aromatic heterocycles. The van der Waals surface area contributed by atoms with Crippen molar-refractivity contribution < 1.29 is 4.43 Å². The number of rotatable bonds is 3. The van der Waals surface area contributed by atoms with Gasteiger partial charge in [0.05, 0.1) is 0 Å². The molecule has 0 saturated heterocycles. The lowest BCUT2D eigenvalue weighted by Gasteiger charge is -2.49. The van der Waals surface area contributed by atoms with Crippen molar-refractivity contribution in [1.29, 1.82) is 0 Å². The lowest BCUT2D eigenvalue weighted by Crippen LogP contribution is -2.49. The highest BCUT2D eigenvalue weighted by atomic mass is 28.4. The van der Waals surface area contributed by atoms with Gasteiger partial charge in [-0.15, -0.1) is 0 Å².